The molecule has 0 bridgehead atoms. The summed E-state index contributed by atoms with van der Waals surface area (Å²) in [4.78, 5) is 0. The van der Waals surface area contributed by atoms with Gasteiger partial charge in [-0.2, -0.15) is 33.9 Å². The van der Waals surface area contributed by atoms with Gasteiger partial charge < -0.3 is 0 Å². The first kappa shape index (κ1) is 25.6. The third kappa shape index (κ3) is 7.37. The Bertz CT molecular complexity index is 766. The molecule has 3 aromatic carbocycles. The second-order valence-corrected chi connectivity index (χ2v) is 26.3. The Kier molecular flexibility index (Phi) is 12.3. The average molecular weight is 666 g/mol. The van der Waals surface area contributed by atoms with Crippen LogP contribution in [0, 0.1) is 27.7 Å². The summed E-state index contributed by atoms with van der Waals surface area (Å²) in [5.74, 6) is 0.636. The molecule has 0 atom stereocenters. The fraction of sp³-hybridized carbons (Fsp3) is 0.417. The standard InChI is InChI=1S/C12H13.C12H19.2HI.Zr/c1-9(2)12-7-10-5-3-4-6-11(10)8-12;1-6-7-12-10(4)8(2)9(3)11(12)5;;;/h3-9H,1-2H3;6-7H2,1-5H3;2*1H;/q2*-1;;;+4/p-2. The van der Waals surface area contributed by atoms with E-state index in [1.165, 1.54) is 51.4 Å². The van der Waals surface area contributed by atoms with Gasteiger partial charge in [0.1, 0.15) is 0 Å². The summed E-state index contributed by atoms with van der Waals surface area (Å²) in [6.07, 6.45) is 2.50. The van der Waals surface area contributed by atoms with Crippen LogP contribution in [-0.2, 0) is 21.3 Å². The van der Waals surface area contributed by atoms with Crippen molar-refractivity contribution in [3.63, 3.8) is 0 Å². The SMILES string of the molecule is CC(C)c1cc2ccccc2[cH-]1.CCCc1c(C)c(C)c(C)[c-]1C.[I][Zr+2][I]. The van der Waals surface area contributed by atoms with Crippen molar-refractivity contribution in [2.75, 3.05) is 0 Å². The van der Waals surface area contributed by atoms with E-state index in [2.05, 4.69) is 121 Å². The van der Waals surface area contributed by atoms with Gasteiger partial charge in [-0.05, 0) is 5.92 Å². The molecule has 0 nitrogen and oxygen atoms in total. The molecule has 0 amide bonds. The van der Waals surface area contributed by atoms with Gasteiger partial charge in [-0.15, -0.1) is 40.6 Å². The van der Waals surface area contributed by atoms with Crippen LogP contribution in [0.25, 0.3) is 10.8 Å². The molecule has 0 saturated carbocycles. The van der Waals surface area contributed by atoms with Crippen LogP contribution in [0.1, 0.15) is 66.5 Å². The van der Waals surface area contributed by atoms with Gasteiger partial charge in [0.25, 0.3) is 0 Å². The summed E-state index contributed by atoms with van der Waals surface area (Å²) < 4.78 is 0. The molecule has 0 N–H and O–H groups in total. The molecule has 27 heavy (non-hydrogen) atoms. The van der Waals surface area contributed by atoms with Crippen molar-refractivity contribution < 1.29 is 14.9 Å². The molecule has 146 valence electrons. The Hall–Kier alpha value is 0.523. The van der Waals surface area contributed by atoms with E-state index in [9.17, 15) is 0 Å². The summed E-state index contributed by atoms with van der Waals surface area (Å²) in [5, 5.41) is 2.72. The van der Waals surface area contributed by atoms with Gasteiger partial charge in [-0.3, -0.25) is 0 Å². The topological polar surface area (TPSA) is 0 Å². The fourth-order valence-electron chi connectivity index (χ4n) is 3.43. The van der Waals surface area contributed by atoms with Crippen molar-refractivity contribution >= 4 is 46.9 Å². The minimum absolute atomic E-state index is 0.170. The van der Waals surface area contributed by atoms with Crippen LogP contribution in [0.5, 0.6) is 0 Å². The van der Waals surface area contributed by atoms with E-state index in [0.29, 0.717) is 5.92 Å². The van der Waals surface area contributed by atoms with Crippen molar-refractivity contribution in [1.29, 1.82) is 0 Å². The van der Waals surface area contributed by atoms with E-state index in [0.717, 1.165) is 0 Å². The van der Waals surface area contributed by atoms with E-state index in [1.807, 2.05) is 0 Å². The third-order valence-electron chi connectivity index (χ3n) is 5.40. The van der Waals surface area contributed by atoms with Crippen molar-refractivity contribution in [3.05, 3.63) is 69.8 Å². The molecule has 3 aromatic rings. The van der Waals surface area contributed by atoms with E-state index < -0.39 is 0 Å². The number of rotatable bonds is 3. The fourth-order valence-corrected chi connectivity index (χ4v) is 3.43. The monoisotopic (exact) mass is 664 g/mol. The van der Waals surface area contributed by atoms with Crippen molar-refractivity contribution in [2.24, 2.45) is 0 Å². The van der Waals surface area contributed by atoms with Gasteiger partial charge in [0.15, 0.2) is 0 Å². The Morgan fingerprint density at radius 1 is 1.07 bits per heavy atom. The summed E-state index contributed by atoms with van der Waals surface area (Å²) in [6.45, 7) is 15.7. The van der Waals surface area contributed by atoms with E-state index >= 15 is 0 Å². The number of hydrogen-bond donors (Lipinski definition) is 0. The summed E-state index contributed by atoms with van der Waals surface area (Å²) >= 11 is 5.06. The van der Waals surface area contributed by atoms with Crippen LogP contribution in [-0.4, -0.2) is 0 Å². The van der Waals surface area contributed by atoms with E-state index in [4.69, 9.17) is 0 Å². The maximum atomic E-state index is 2.45. The molecule has 0 saturated heterocycles. The first-order valence-corrected chi connectivity index (χ1v) is 24.2. The number of halogens is 2. The van der Waals surface area contributed by atoms with Crippen LogP contribution in [0.2, 0.25) is 0 Å². The predicted octanol–water partition coefficient (Wildman–Crippen LogP) is 9.04. The van der Waals surface area contributed by atoms with Crippen molar-refractivity contribution in [1.82, 2.24) is 0 Å². The summed E-state index contributed by atoms with van der Waals surface area (Å²) in [6, 6.07) is 13.1. The zero-order valence-corrected chi connectivity index (χ0v) is 24.5. The second kappa shape index (κ2) is 13.0. The first-order chi connectivity index (χ1) is 12.8. The first-order valence-electron chi connectivity index (χ1n) is 9.61. The summed E-state index contributed by atoms with van der Waals surface area (Å²) in [7, 11) is 0. The van der Waals surface area contributed by atoms with Gasteiger partial charge in [0.2, 0.25) is 0 Å². The minimum atomic E-state index is 0.170. The van der Waals surface area contributed by atoms with Crippen molar-refractivity contribution in [2.45, 2.75) is 67.2 Å². The Balaban J connectivity index is 0.000000236. The molecule has 0 heterocycles. The van der Waals surface area contributed by atoms with Gasteiger partial charge >= 0.3 is 50.9 Å². The Morgan fingerprint density at radius 2 is 1.67 bits per heavy atom. The van der Waals surface area contributed by atoms with Gasteiger partial charge in [-0.1, -0.05) is 67.4 Å². The quantitative estimate of drug-likeness (QED) is 0.194. The third-order valence-corrected chi connectivity index (χ3v) is 5.40. The van der Waals surface area contributed by atoms with Crippen LogP contribution in [0.3, 0.4) is 0 Å². The maximum absolute atomic E-state index is 2.45. The van der Waals surface area contributed by atoms with Crippen LogP contribution < -0.4 is 0 Å². The van der Waals surface area contributed by atoms with Gasteiger partial charge in [0, 0.05) is 0 Å². The summed E-state index contributed by atoms with van der Waals surface area (Å²) in [5.41, 5.74) is 9.06. The molecule has 0 radical (unpaired) electrons. The zero-order chi connectivity index (χ0) is 20.6. The van der Waals surface area contributed by atoms with E-state index in [-0.39, 0.29) is 14.9 Å². The Labute approximate surface area is 196 Å². The average Bonchev–Trinajstić information content (AvgIpc) is 3.16. The predicted molar refractivity (Wildman–Crippen MR) is 137 cm³/mol. The number of hydrogen-bond acceptors (Lipinski definition) is 0. The molecule has 3 rings (SSSR count). The number of benzene rings is 1. The Morgan fingerprint density at radius 3 is 2.11 bits per heavy atom. The molecular weight excluding hydrogens is 633 g/mol. The molecule has 0 fully saturated rings. The van der Waals surface area contributed by atoms with E-state index in [1.54, 1.807) is 5.56 Å². The molecule has 3 heteroatoms. The van der Waals surface area contributed by atoms with Crippen LogP contribution in [0.15, 0.2) is 36.4 Å². The molecule has 0 aromatic heterocycles. The molecule has 0 unspecified atom stereocenters. The normalized spacial score (nSPS) is 10.1. The van der Waals surface area contributed by atoms with Crippen LogP contribution in [0.4, 0.5) is 0 Å². The number of fused-ring (bicyclic) bond motifs is 1. The molecule has 0 aliphatic carbocycles. The van der Waals surface area contributed by atoms with Gasteiger partial charge in [-0.25, -0.2) is 0 Å². The van der Waals surface area contributed by atoms with Gasteiger partial charge in [0.05, 0.1) is 0 Å². The van der Waals surface area contributed by atoms with Crippen LogP contribution >= 0.6 is 36.1 Å². The molecule has 0 aliphatic rings. The zero-order valence-electron chi connectivity index (χ0n) is 17.7. The molecule has 0 aliphatic heterocycles. The second-order valence-electron chi connectivity index (χ2n) is 7.37. The molecular formula is C24H32I2Zr. The molecule has 0 spiro atoms. The van der Waals surface area contributed by atoms with Crippen molar-refractivity contribution in [3.8, 4) is 0 Å².